The molecule has 1 unspecified atom stereocenters. The van der Waals surface area contributed by atoms with Gasteiger partial charge in [-0.15, -0.1) is 5.10 Å². The van der Waals surface area contributed by atoms with Crippen LogP contribution in [0.2, 0.25) is 0 Å². The first-order valence-corrected chi connectivity index (χ1v) is 9.88. The monoisotopic (exact) mass is 383 g/mol. The summed E-state index contributed by atoms with van der Waals surface area (Å²) in [5.74, 6) is -0.0695. The van der Waals surface area contributed by atoms with Gasteiger partial charge in [-0.3, -0.25) is 14.9 Å². The average molecular weight is 383 g/mol. The molecule has 0 aromatic carbocycles. The summed E-state index contributed by atoms with van der Waals surface area (Å²) in [6.07, 6.45) is 6.77. The SMILES string of the molecule is O=C(Nc1nc2cccc(C3=CCC(NC(=O)C4(F)CC4)CC3)n2n1)C1CC1. The molecule has 2 aromatic heterocycles. The first-order valence-electron chi connectivity index (χ1n) is 9.88. The number of hydrogen-bond acceptors (Lipinski definition) is 4. The topological polar surface area (TPSA) is 88.4 Å². The average Bonchev–Trinajstić information content (AvgIpc) is 3.61. The van der Waals surface area contributed by atoms with E-state index in [-0.39, 0.29) is 17.9 Å². The van der Waals surface area contributed by atoms with Crippen molar-refractivity contribution in [1.29, 1.82) is 0 Å². The maximum absolute atomic E-state index is 13.8. The lowest BCUT2D eigenvalue weighted by Gasteiger charge is -2.24. The van der Waals surface area contributed by atoms with E-state index in [1.165, 1.54) is 0 Å². The van der Waals surface area contributed by atoms with Crippen LogP contribution in [-0.4, -0.2) is 38.1 Å². The van der Waals surface area contributed by atoms with Crippen molar-refractivity contribution in [1.82, 2.24) is 19.9 Å². The fourth-order valence-electron chi connectivity index (χ4n) is 3.61. The predicted octanol–water partition coefficient (Wildman–Crippen LogP) is 2.63. The van der Waals surface area contributed by atoms with Gasteiger partial charge in [-0.25, -0.2) is 8.91 Å². The van der Waals surface area contributed by atoms with Crippen LogP contribution in [0.25, 0.3) is 11.2 Å². The number of carbonyl (C=O) groups excluding carboxylic acids is 2. The number of nitrogens with one attached hydrogen (secondary N) is 2. The number of alkyl halides is 1. The number of rotatable bonds is 5. The highest BCUT2D eigenvalue weighted by atomic mass is 19.1. The van der Waals surface area contributed by atoms with E-state index in [0.29, 0.717) is 30.9 Å². The molecule has 2 heterocycles. The molecule has 0 radical (unpaired) electrons. The highest BCUT2D eigenvalue weighted by molar-refractivity contribution is 5.92. The summed E-state index contributed by atoms with van der Waals surface area (Å²) in [6.45, 7) is 0. The van der Waals surface area contributed by atoms with E-state index in [0.717, 1.165) is 37.0 Å². The molecule has 0 saturated heterocycles. The maximum atomic E-state index is 13.8. The minimum absolute atomic E-state index is 0.0192. The fourth-order valence-corrected chi connectivity index (χ4v) is 3.61. The molecule has 2 N–H and O–H groups in total. The van der Waals surface area contributed by atoms with Crippen LogP contribution >= 0.6 is 0 Å². The molecule has 2 amide bonds. The summed E-state index contributed by atoms with van der Waals surface area (Å²) >= 11 is 0. The molecular weight excluding hydrogens is 361 g/mol. The molecule has 3 aliphatic carbocycles. The van der Waals surface area contributed by atoms with Gasteiger partial charge in [-0.1, -0.05) is 12.1 Å². The largest absolute Gasteiger partial charge is 0.350 e. The standard InChI is InChI=1S/C20H22FN5O2/c21-20(10-11-20)18(28)22-14-8-6-12(7-9-14)15-2-1-3-16-23-19(25-26(15)16)24-17(27)13-4-5-13/h1-3,6,13-14H,4-5,7-11H2,(H,22,28)(H,24,25,27). The van der Waals surface area contributed by atoms with Gasteiger partial charge in [-0.05, 0) is 62.7 Å². The van der Waals surface area contributed by atoms with Gasteiger partial charge in [0.1, 0.15) is 0 Å². The lowest BCUT2D eigenvalue weighted by atomic mass is 9.93. The molecule has 5 rings (SSSR count). The normalized spacial score (nSPS) is 23.2. The van der Waals surface area contributed by atoms with Crippen LogP contribution in [0.3, 0.4) is 0 Å². The lowest BCUT2D eigenvalue weighted by Crippen LogP contribution is -2.41. The Bertz CT molecular complexity index is 990. The summed E-state index contributed by atoms with van der Waals surface area (Å²) in [6, 6.07) is 5.71. The molecule has 7 nitrogen and oxygen atoms in total. The van der Waals surface area contributed by atoms with Crippen molar-refractivity contribution < 1.29 is 14.0 Å². The van der Waals surface area contributed by atoms with E-state index in [9.17, 15) is 14.0 Å². The van der Waals surface area contributed by atoms with Crippen LogP contribution in [0.4, 0.5) is 10.3 Å². The molecule has 0 spiro atoms. The molecule has 3 aliphatic rings. The number of allylic oxidation sites excluding steroid dienone is 1. The zero-order valence-corrected chi connectivity index (χ0v) is 15.4. The van der Waals surface area contributed by atoms with Crippen LogP contribution < -0.4 is 10.6 Å². The molecule has 2 fully saturated rings. The molecule has 28 heavy (non-hydrogen) atoms. The van der Waals surface area contributed by atoms with Crippen molar-refractivity contribution in [2.45, 2.75) is 56.7 Å². The van der Waals surface area contributed by atoms with Crippen molar-refractivity contribution >= 4 is 29.0 Å². The third-order valence-electron chi connectivity index (χ3n) is 5.71. The zero-order chi connectivity index (χ0) is 19.3. The highest BCUT2D eigenvalue weighted by Gasteiger charge is 2.51. The number of hydrogen-bond donors (Lipinski definition) is 2. The van der Waals surface area contributed by atoms with Gasteiger partial charge in [-0.2, -0.15) is 4.98 Å². The van der Waals surface area contributed by atoms with Crippen molar-refractivity contribution in [3.05, 3.63) is 30.0 Å². The van der Waals surface area contributed by atoms with E-state index in [1.807, 2.05) is 18.2 Å². The Morgan fingerprint density at radius 3 is 2.71 bits per heavy atom. The fraction of sp³-hybridized carbons (Fsp3) is 0.500. The Kier molecular flexibility index (Phi) is 3.96. The van der Waals surface area contributed by atoms with E-state index in [1.54, 1.807) is 4.52 Å². The number of aromatic nitrogens is 3. The Hall–Kier alpha value is -2.77. The molecule has 0 aliphatic heterocycles. The molecular formula is C20H22FN5O2. The van der Waals surface area contributed by atoms with Gasteiger partial charge in [0.2, 0.25) is 11.9 Å². The second kappa shape index (κ2) is 6.39. The number of anilines is 1. The van der Waals surface area contributed by atoms with Gasteiger partial charge in [0.25, 0.3) is 5.91 Å². The quantitative estimate of drug-likeness (QED) is 0.831. The maximum Gasteiger partial charge on any atom is 0.257 e. The second-order valence-electron chi connectivity index (χ2n) is 8.02. The van der Waals surface area contributed by atoms with E-state index < -0.39 is 11.6 Å². The summed E-state index contributed by atoms with van der Waals surface area (Å²) in [5, 5.41) is 10.1. The number of nitrogens with zero attached hydrogens (tertiary/aromatic N) is 3. The van der Waals surface area contributed by atoms with Gasteiger partial charge in [0, 0.05) is 12.0 Å². The summed E-state index contributed by atoms with van der Waals surface area (Å²) in [5.41, 5.74) is 1.08. The predicted molar refractivity (Wildman–Crippen MR) is 101 cm³/mol. The molecule has 2 saturated carbocycles. The molecule has 146 valence electrons. The van der Waals surface area contributed by atoms with E-state index in [2.05, 4.69) is 26.8 Å². The van der Waals surface area contributed by atoms with Gasteiger partial charge in [0.15, 0.2) is 11.3 Å². The number of amides is 2. The number of halogens is 1. The third-order valence-corrected chi connectivity index (χ3v) is 5.71. The first-order chi connectivity index (χ1) is 13.5. The number of pyridine rings is 1. The Morgan fingerprint density at radius 1 is 1.21 bits per heavy atom. The van der Waals surface area contributed by atoms with Crippen LogP contribution in [-0.2, 0) is 9.59 Å². The van der Waals surface area contributed by atoms with Crippen LogP contribution in [0.15, 0.2) is 24.3 Å². The Balaban J connectivity index is 1.32. The van der Waals surface area contributed by atoms with Gasteiger partial charge in [0.05, 0.1) is 5.69 Å². The lowest BCUT2D eigenvalue weighted by molar-refractivity contribution is -0.128. The molecule has 0 bridgehead atoms. The van der Waals surface area contributed by atoms with Crippen LogP contribution in [0.1, 0.15) is 50.6 Å². The Morgan fingerprint density at radius 2 is 2.04 bits per heavy atom. The van der Waals surface area contributed by atoms with Crippen molar-refractivity contribution in [2.75, 3.05) is 5.32 Å². The summed E-state index contributed by atoms with van der Waals surface area (Å²) in [4.78, 5) is 28.3. The first kappa shape index (κ1) is 17.3. The minimum atomic E-state index is -1.63. The van der Waals surface area contributed by atoms with Crippen molar-refractivity contribution in [2.24, 2.45) is 5.92 Å². The molecule has 1 atom stereocenters. The van der Waals surface area contributed by atoms with Crippen molar-refractivity contribution in [3.8, 4) is 0 Å². The molecule has 2 aromatic rings. The molecule has 8 heteroatoms. The summed E-state index contributed by atoms with van der Waals surface area (Å²) < 4.78 is 15.6. The van der Waals surface area contributed by atoms with Crippen molar-refractivity contribution in [3.63, 3.8) is 0 Å². The van der Waals surface area contributed by atoms with Crippen LogP contribution in [0.5, 0.6) is 0 Å². The Labute approximate surface area is 161 Å². The summed E-state index contributed by atoms with van der Waals surface area (Å²) in [7, 11) is 0. The number of carbonyl (C=O) groups is 2. The smallest absolute Gasteiger partial charge is 0.257 e. The third kappa shape index (κ3) is 3.27. The zero-order valence-electron chi connectivity index (χ0n) is 15.4. The second-order valence-corrected chi connectivity index (χ2v) is 8.02. The number of fused-ring (bicyclic) bond motifs is 1. The van der Waals surface area contributed by atoms with Gasteiger partial charge >= 0.3 is 0 Å². The highest BCUT2D eigenvalue weighted by Crippen LogP contribution is 2.40. The minimum Gasteiger partial charge on any atom is -0.350 e. The van der Waals surface area contributed by atoms with Crippen LogP contribution in [0, 0.1) is 5.92 Å². The van der Waals surface area contributed by atoms with E-state index in [4.69, 9.17) is 0 Å². The van der Waals surface area contributed by atoms with E-state index >= 15 is 0 Å². The van der Waals surface area contributed by atoms with Gasteiger partial charge < -0.3 is 5.32 Å².